The summed E-state index contributed by atoms with van der Waals surface area (Å²) >= 11 is 0. The quantitative estimate of drug-likeness (QED) is 0.662. The minimum absolute atomic E-state index is 0.638. The van der Waals surface area contributed by atoms with Crippen molar-refractivity contribution in [3.05, 3.63) is 23.9 Å². The van der Waals surface area contributed by atoms with Crippen molar-refractivity contribution in [1.29, 1.82) is 0 Å². The fraction of sp³-hybridized carbons (Fsp3) is 0.571. The molecule has 2 rings (SSSR count). The van der Waals surface area contributed by atoms with Crippen LogP contribution in [0.3, 0.4) is 0 Å². The average molecular weight is 262 g/mol. The Morgan fingerprint density at radius 3 is 2.95 bits per heavy atom. The van der Waals surface area contributed by atoms with Crippen LogP contribution >= 0.6 is 0 Å². The van der Waals surface area contributed by atoms with Gasteiger partial charge in [-0.15, -0.1) is 0 Å². The van der Waals surface area contributed by atoms with Crippen LogP contribution in [0.15, 0.2) is 23.3 Å². The van der Waals surface area contributed by atoms with Crippen LogP contribution in [0, 0.1) is 0 Å². The Bertz CT molecular complexity index is 427. The van der Waals surface area contributed by atoms with Gasteiger partial charge in [0.15, 0.2) is 5.96 Å². The summed E-state index contributed by atoms with van der Waals surface area (Å²) in [6.07, 6.45) is 4.27. The molecular formula is C14H22N4O. The molecule has 0 aromatic carbocycles. The predicted octanol–water partition coefficient (Wildman–Crippen LogP) is 1.65. The molecular weight excluding hydrogens is 240 g/mol. The highest BCUT2D eigenvalue weighted by atomic mass is 16.5. The number of nitrogens with one attached hydrogen (secondary N) is 1. The van der Waals surface area contributed by atoms with E-state index in [4.69, 9.17) is 4.74 Å². The zero-order valence-electron chi connectivity index (χ0n) is 11.7. The van der Waals surface area contributed by atoms with E-state index < -0.39 is 0 Å². The van der Waals surface area contributed by atoms with Crippen molar-refractivity contribution >= 4 is 5.96 Å². The van der Waals surface area contributed by atoms with E-state index in [9.17, 15) is 0 Å². The van der Waals surface area contributed by atoms with Crippen LogP contribution in [0.4, 0.5) is 0 Å². The molecule has 0 unspecified atom stereocenters. The molecule has 1 N–H and O–H groups in total. The molecule has 1 saturated heterocycles. The Balaban J connectivity index is 2.03. The number of likely N-dealkylation sites (tertiary alicyclic amines) is 1. The van der Waals surface area contributed by atoms with E-state index in [-0.39, 0.29) is 0 Å². The van der Waals surface area contributed by atoms with Gasteiger partial charge in [0, 0.05) is 31.9 Å². The summed E-state index contributed by atoms with van der Waals surface area (Å²) in [5, 5.41) is 3.35. The van der Waals surface area contributed by atoms with Crippen LogP contribution in [-0.4, -0.2) is 42.6 Å². The summed E-state index contributed by atoms with van der Waals surface area (Å²) in [5.41, 5.74) is 1.11. The summed E-state index contributed by atoms with van der Waals surface area (Å²) in [6, 6.07) is 3.90. The molecule has 5 nitrogen and oxygen atoms in total. The molecule has 0 saturated carbocycles. The lowest BCUT2D eigenvalue weighted by Crippen LogP contribution is -2.39. The molecule has 0 radical (unpaired) electrons. The van der Waals surface area contributed by atoms with Crippen LogP contribution < -0.4 is 10.1 Å². The number of rotatable bonds is 4. The predicted molar refractivity (Wildman–Crippen MR) is 76.4 cm³/mol. The Morgan fingerprint density at radius 2 is 2.26 bits per heavy atom. The molecule has 0 spiro atoms. The molecule has 1 aliphatic rings. The Kier molecular flexibility index (Phi) is 5.01. The SMILES string of the molecule is CCNC(=NCc1ccnc(OC)c1)N1CCCC1. The number of hydrogen-bond acceptors (Lipinski definition) is 3. The van der Waals surface area contributed by atoms with Crippen molar-refractivity contribution in [1.82, 2.24) is 15.2 Å². The van der Waals surface area contributed by atoms with Gasteiger partial charge in [0.05, 0.1) is 13.7 Å². The third kappa shape index (κ3) is 3.84. The number of pyridine rings is 1. The van der Waals surface area contributed by atoms with Gasteiger partial charge in [-0.1, -0.05) is 0 Å². The van der Waals surface area contributed by atoms with E-state index in [1.54, 1.807) is 13.3 Å². The topological polar surface area (TPSA) is 49.8 Å². The number of guanidine groups is 1. The Morgan fingerprint density at radius 1 is 1.47 bits per heavy atom. The lowest BCUT2D eigenvalue weighted by atomic mass is 10.3. The van der Waals surface area contributed by atoms with E-state index in [1.807, 2.05) is 12.1 Å². The second-order valence-electron chi connectivity index (χ2n) is 4.57. The van der Waals surface area contributed by atoms with E-state index in [0.717, 1.165) is 31.2 Å². The van der Waals surface area contributed by atoms with Gasteiger partial charge in [0.25, 0.3) is 0 Å². The smallest absolute Gasteiger partial charge is 0.213 e. The Labute approximate surface area is 114 Å². The van der Waals surface area contributed by atoms with Gasteiger partial charge < -0.3 is 15.0 Å². The molecule has 1 aromatic rings. The van der Waals surface area contributed by atoms with Crippen LogP contribution in [0.1, 0.15) is 25.3 Å². The number of nitrogens with zero attached hydrogens (tertiary/aromatic N) is 3. The van der Waals surface area contributed by atoms with Crippen molar-refractivity contribution in [2.75, 3.05) is 26.7 Å². The number of aliphatic imine (C=N–C) groups is 1. The van der Waals surface area contributed by atoms with Gasteiger partial charge in [0.1, 0.15) is 0 Å². The van der Waals surface area contributed by atoms with Crippen LogP contribution in [0.25, 0.3) is 0 Å². The summed E-state index contributed by atoms with van der Waals surface area (Å²) in [4.78, 5) is 11.1. The zero-order valence-corrected chi connectivity index (χ0v) is 11.7. The standard InChI is InChI=1S/C14H22N4O/c1-3-15-14(18-8-4-5-9-18)17-11-12-6-7-16-13(10-12)19-2/h6-7,10H,3-5,8-9,11H2,1-2H3,(H,15,17). The van der Waals surface area contributed by atoms with Gasteiger partial charge in [-0.05, 0) is 31.4 Å². The van der Waals surface area contributed by atoms with Crippen molar-refractivity contribution < 1.29 is 4.74 Å². The molecule has 1 fully saturated rings. The summed E-state index contributed by atoms with van der Waals surface area (Å²) in [5.74, 6) is 1.65. The minimum Gasteiger partial charge on any atom is -0.481 e. The molecule has 1 aromatic heterocycles. The largest absolute Gasteiger partial charge is 0.481 e. The molecule has 104 valence electrons. The average Bonchev–Trinajstić information content (AvgIpc) is 2.97. The van der Waals surface area contributed by atoms with Crippen LogP contribution in [0.2, 0.25) is 0 Å². The zero-order chi connectivity index (χ0) is 13.5. The third-order valence-corrected chi connectivity index (χ3v) is 3.16. The maximum Gasteiger partial charge on any atom is 0.213 e. The highest BCUT2D eigenvalue weighted by Crippen LogP contribution is 2.11. The summed E-state index contributed by atoms with van der Waals surface area (Å²) in [7, 11) is 1.63. The lowest BCUT2D eigenvalue weighted by molar-refractivity contribution is 0.397. The first-order valence-electron chi connectivity index (χ1n) is 6.85. The maximum atomic E-state index is 5.12. The number of methoxy groups -OCH3 is 1. The van der Waals surface area contributed by atoms with Gasteiger partial charge in [-0.25, -0.2) is 9.98 Å². The van der Waals surface area contributed by atoms with E-state index in [1.165, 1.54) is 12.8 Å². The molecule has 1 aliphatic heterocycles. The lowest BCUT2D eigenvalue weighted by Gasteiger charge is -2.20. The molecule has 0 aliphatic carbocycles. The monoisotopic (exact) mass is 262 g/mol. The number of aromatic nitrogens is 1. The highest BCUT2D eigenvalue weighted by molar-refractivity contribution is 5.80. The van der Waals surface area contributed by atoms with E-state index in [2.05, 4.69) is 27.1 Å². The first kappa shape index (κ1) is 13.6. The molecule has 0 amide bonds. The maximum absolute atomic E-state index is 5.12. The number of ether oxygens (including phenoxy) is 1. The molecule has 0 bridgehead atoms. The van der Waals surface area contributed by atoms with Gasteiger partial charge in [0.2, 0.25) is 5.88 Å². The van der Waals surface area contributed by atoms with Gasteiger partial charge in [-0.3, -0.25) is 0 Å². The molecule has 2 heterocycles. The Hall–Kier alpha value is -1.78. The third-order valence-electron chi connectivity index (χ3n) is 3.16. The first-order chi connectivity index (χ1) is 9.33. The van der Waals surface area contributed by atoms with Crippen molar-refractivity contribution in [2.24, 2.45) is 4.99 Å². The van der Waals surface area contributed by atoms with E-state index >= 15 is 0 Å². The summed E-state index contributed by atoms with van der Waals surface area (Å²) < 4.78 is 5.12. The second-order valence-corrected chi connectivity index (χ2v) is 4.57. The molecule has 19 heavy (non-hydrogen) atoms. The van der Waals surface area contributed by atoms with Crippen LogP contribution in [0.5, 0.6) is 5.88 Å². The fourth-order valence-corrected chi connectivity index (χ4v) is 2.18. The number of hydrogen-bond donors (Lipinski definition) is 1. The molecule has 0 atom stereocenters. The highest BCUT2D eigenvalue weighted by Gasteiger charge is 2.15. The van der Waals surface area contributed by atoms with Crippen molar-refractivity contribution in [3.63, 3.8) is 0 Å². The van der Waals surface area contributed by atoms with Crippen molar-refractivity contribution in [3.8, 4) is 5.88 Å². The minimum atomic E-state index is 0.638. The summed E-state index contributed by atoms with van der Waals surface area (Å²) in [6.45, 7) is 5.85. The second kappa shape index (κ2) is 6.97. The van der Waals surface area contributed by atoms with E-state index in [0.29, 0.717) is 12.4 Å². The molecule has 5 heteroatoms. The van der Waals surface area contributed by atoms with Crippen molar-refractivity contribution in [2.45, 2.75) is 26.3 Å². The van der Waals surface area contributed by atoms with Gasteiger partial charge >= 0.3 is 0 Å². The fourth-order valence-electron chi connectivity index (χ4n) is 2.18. The normalized spacial score (nSPS) is 15.7. The first-order valence-corrected chi connectivity index (χ1v) is 6.85. The van der Waals surface area contributed by atoms with Crippen LogP contribution in [-0.2, 0) is 6.54 Å². The van der Waals surface area contributed by atoms with Gasteiger partial charge in [-0.2, -0.15) is 0 Å².